The first-order valence-electron chi connectivity index (χ1n) is 8.63. The van der Waals surface area contributed by atoms with Crippen molar-refractivity contribution < 1.29 is 9.53 Å². The van der Waals surface area contributed by atoms with Crippen LogP contribution >= 0.6 is 11.3 Å². The highest BCUT2D eigenvalue weighted by molar-refractivity contribution is 7.16. The van der Waals surface area contributed by atoms with Gasteiger partial charge < -0.3 is 10.1 Å². The van der Waals surface area contributed by atoms with Gasteiger partial charge in [0.1, 0.15) is 5.75 Å². The van der Waals surface area contributed by atoms with Gasteiger partial charge in [0.05, 0.1) is 19.3 Å². The van der Waals surface area contributed by atoms with E-state index in [1.54, 1.807) is 7.11 Å². The molecular weight excluding hydrogens is 334 g/mol. The Morgan fingerprint density at radius 2 is 1.96 bits per heavy atom. The monoisotopic (exact) mass is 359 g/mol. The minimum Gasteiger partial charge on any atom is -0.496 e. The molecule has 2 aromatic rings. The van der Waals surface area contributed by atoms with E-state index in [9.17, 15) is 4.79 Å². The number of amides is 1. The van der Waals surface area contributed by atoms with E-state index in [-0.39, 0.29) is 5.91 Å². The average molecular weight is 359 g/mol. The Morgan fingerprint density at radius 1 is 1.24 bits per heavy atom. The number of nitrogens with one attached hydrogen (secondary N) is 1. The van der Waals surface area contributed by atoms with Crippen molar-refractivity contribution >= 4 is 22.4 Å². The second-order valence-corrected chi connectivity index (χ2v) is 7.80. The summed E-state index contributed by atoms with van der Waals surface area (Å²) in [6, 6.07) is 4.14. The number of nitrogens with zero attached hydrogens (tertiary/aromatic N) is 2. The Bertz CT molecular complexity index is 779. The Kier molecular flexibility index (Phi) is 5.39. The molecule has 1 saturated heterocycles. The van der Waals surface area contributed by atoms with E-state index in [1.165, 1.54) is 24.2 Å². The molecule has 0 atom stereocenters. The van der Waals surface area contributed by atoms with Crippen LogP contribution in [0.4, 0.5) is 5.13 Å². The van der Waals surface area contributed by atoms with E-state index in [0.29, 0.717) is 11.7 Å². The summed E-state index contributed by atoms with van der Waals surface area (Å²) < 4.78 is 5.39. The fourth-order valence-electron chi connectivity index (χ4n) is 3.27. The molecule has 3 rings (SSSR count). The van der Waals surface area contributed by atoms with Gasteiger partial charge in [-0.25, -0.2) is 4.98 Å². The van der Waals surface area contributed by atoms with Crippen molar-refractivity contribution in [2.24, 2.45) is 0 Å². The van der Waals surface area contributed by atoms with Crippen molar-refractivity contribution in [1.82, 2.24) is 9.88 Å². The minimum atomic E-state index is 0.0184. The molecule has 5 nitrogen and oxygen atoms in total. The molecule has 1 fully saturated rings. The summed E-state index contributed by atoms with van der Waals surface area (Å²) in [5, 5.41) is 3.63. The maximum Gasteiger partial charge on any atom is 0.240 e. The van der Waals surface area contributed by atoms with E-state index in [2.05, 4.69) is 28.2 Å². The maximum atomic E-state index is 12.2. The lowest BCUT2D eigenvalue weighted by Crippen LogP contribution is -2.30. The third-order valence-corrected chi connectivity index (χ3v) is 5.49. The summed E-state index contributed by atoms with van der Waals surface area (Å²) in [5.74, 6) is 0.901. The van der Waals surface area contributed by atoms with E-state index >= 15 is 0 Å². The van der Waals surface area contributed by atoms with Crippen LogP contribution in [0.2, 0.25) is 0 Å². The molecule has 1 aromatic carbocycles. The number of rotatable bonds is 5. The number of likely N-dealkylation sites (tertiary alicyclic amines) is 1. The van der Waals surface area contributed by atoms with Gasteiger partial charge in [0.15, 0.2) is 5.13 Å². The highest BCUT2D eigenvalue weighted by Gasteiger charge is 2.18. The summed E-state index contributed by atoms with van der Waals surface area (Å²) in [5.41, 5.74) is 4.22. The van der Waals surface area contributed by atoms with Crippen LogP contribution in [-0.2, 0) is 4.79 Å². The summed E-state index contributed by atoms with van der Waals surface area (Å²) in [6.07, 6.45) is 2.37. The van der Waals surface area contributed by atoms with Gasteiger partial charge >= 0.3 is 0 Å². The highest BCUT2D eigenvalue weighted by Crippen LogP contribution is 2.35. The zero-order valence-corrected chi connectivity index (χ0v) is 16.1. The first-order valence-corrected chi connectivity index (χ1v) is 9.45. The fraction of sp³-hybridized carbons (Fsp3) is 0.474. The molecule has 0 unspecified atom stereocenters. The largest absolute Gasteiger partial charge is 0.496 e. The third-order valence-electron chi connectivity index (χ3n) is 4.61. The number of ether oxygens (including phenoxy) is 1. The van der Waals surface area contributed by atoms with Gasteiger partial charge in [0.2, 0.25) is 5.91 Å². The Hall–Kier alpha value is -1.92. The number of hydrogen-bond donors (Lipinski definition) is 1. The van der Waals surface area contributed by atoms with E-state index < -0.39 is 0 Å². The minimum absolute atomic E-state index is 0.0184. The van der Waals surface area contributed by atoms with E-state index in [0.717, 1.165) is 46.1 Å². The molecule has 0 radical (unpaired) electrons. The number of hydrogen-bond acceptors (Lipinski definition) is 5. The van der Waals surface area contributed by atoms with Crippen LogP contribution in [0.1, 0.15) is 28.8 Å². The summed E-state index contributed by atoms with van der Waals surface area (Å²) >= 11 is 1.53. The van der Waals surface area contributed by atoms with Crippen molar-refractivity contribution in [2.45, 2.75) is 33.6 Å². The van der Waals surface area contributed by atoms with Crippen molar-refractivity contribution in [1.29, 1.82) is 0 Å². The van der Waals surface area contributed by atoms with Gasteiger partial charge in [-0.15, -0.1) is 11.3 Å². The van der Waals surface area contributed by atoms with Crippen molar-refractivity contribution in [3.05, 3.63) is 28.1 Å². The summed E-state index contributed by atoms with van der Waals surface area (Å²) in [6.45, 7) is 8.61. The molecule has 0 saturated carbocycles. The maximum absolute atomic E-state index is 12.2. The number of carbonyl (C=O) groups excluding carboxylic acids is 1. The number of aryl methyl sites for hydroxylation is 3. The molecule has 1 amide bonds. The van der Waals surface area contributed by atoms with Gasteiger partial charge in [-0.1, -0.05) is 0 Å². The van der Waals surface area contributed by atoms with Crippen molar-refractivity contribution in [3.63, 3.8) is 0 Å². The summed E-state index contributed by atoms with van der Waals surface area (Å²) in [7, 11) is 1.68. The molecule has 1 aliphatic rings. The molecule has 25 heavy (non-hydrogen) atoms. The number of anilines is 1. The number of thiazole rings is 1. The van der Waals surface area contributed by atoms with Gasteiger partial charge in [-0.2, -0.15) is 0 Å². The Balaban J connectivity index is 1.78. The van der Waals surface area contributed by atoms with Gasteiger partial charge in [0, 0.05) is 10.4 Å². The second-order valence-electron chi connectivity index (χ2n) is 6.59. The lowest BCUT2D eigenvalue weighted by molar-refractivity contribution is -0.117. The standard InChI is InChI=1S/C19H25N3O2S/c1-12-10-16(24-4)13(2)9-15(12)18-14(3)25-19(21-18)20-17(23)11-22-7-5-6-8-22/h9-10H,5-8,11H2,1-4H3,(H,20,21,23). The smallest absolute Gasteiger partial charge is 0.240 e. The van der Waals surface area contributed by atoms with E-state index in [4.69, 9.17) is 4.74 Å². The second kappa shape index (κ2) is 7.54. The number of carbonyl (C=O) groups is 1. The predicted molar refractivity (Wildman–Crippen MR) is 103 cm³/mol. The Labute approximate surface area is 153 Å². The highest BCUT2D eigenvalue weighted by atomic mass is 32.1. The van der Waals surface area contributed by atoms with Crippen LogP contribution in [0.25, 0.3) is 11.3 Å². The topological polar surface area (TPSA) is 54.5 Å². The molecule has 1 aromatic heterocycles. The van der Waals surface area contributed by atoms with Gasteiger partial charge in [-0.3, -0.25) is 9.69 Å². The zero-order valence-electron chi connectivity index (χ0n) is 15.3. The normalized spacial score (nSPS) is 14.7. The third kappa shape index (κ3) is 4.02. The Morgan fingerprint density at radius 3 is 2.64 bits per heavy atom. The van der Waals surface area contributed by atoms with Crippen LogP contribution in [-0.4, -0.2) is 42.5 Å². The number of benzene rings is 1. The number of methoxy groups -OCH3 is 1. The lowest BCUT2D eigenvalue weighted by Gasteiger charge is -2.13. The molecule has 6 heteroatoms. The van der Waals surface area contributed by atoms with Crippen LogP contribution in [0.3, 0.4) is 0 Å². The van der Waals surface area contributed by atoms with Crippen LogP contribution in [0.5, 0.6) is 5.75 Å². The lowest BCUT2D eigenvalue weighted by atomic mass is 10.0. The molecule has 1 aliphatic heterocycles. The fourth-order valence-corrected chi connectivity index (χ4v) is 4.11. The average Bonchev–Trinajstić information content (AvgIpc) is 3.19. The van der Waals surface area contributed by atoms with Crippen LogP contribution < -0.4 is 10.1 Å². The van der Waals surface area contributed by atoms with E-state index in [1.807, 2.05) is 19.9 Å². The quantitative estimate of drug-likeness (QED) is 0.883. The van der Waals surface area contributed by atoms with Crippen LogP contribution in [0.15, 0.2) is 12.1 Å². The predicted octanol–water partition coefficient (Wildman–Crippen LogP) is 3.78. The van der Waals surface area contributed by atoms with Crippen molar-refractivity contribution in [3.8, 4) is 17.0 Å². The SMILES string of the molecule is COc1cc(C)c(-c2nc(NC(=O)CN3CCCC3)sc2C)cc1C. The molecule has 134 valence electrons. The first kappa shape index (κ1) is 17.9. The molecule has 1 N–H and O–H groups in total. The molecule has 2 heterocycles. The number of aromatic nitrogens is 1. The van der Waals surface area contributed by atoms with Crippen LogP contribution in [0, 0.1) is 20.8 Å². The van der Waals surface area contributed by atoms with Crippen molar-refractivity contribution in [2.75, 3.05) is 32.1 Å². The van der Waals surface area contributed by atoms with Gasteiger partial charge in [-0.05, 0) is 70.0 Å². The van der Waals surface area contributed by atoms with Gasteiger partial charge in [0.25, 0.3) is 0 Å². The first-order chi connectivity index (χ1) is 12.0. The summed E-state index contributed by atoms with van der Waals surface area (Å²) in [4.78, 5) is 20.2. The molecule has 0 aliphatic carbocycles. The molecule has 0 spiro atoms. The zero-order chi connectivity index (χ0) is 18.0. The molecule has 0 bridgehead atoms. The molecular formula is C19H25N3O2S.